The van der Waals surface area contributed by atoms with Crippen LogP contribution < -0.4 is 0 Å². The Hall–Kier alpha value is -0.0800. The van der Waals surface area contributed by atoms with E-state index in [1.165, 1.54) is 0 Å². The first kappa shape index (κ1) is 9.01. The molecular weight excluding hydrogens is 140 g/mol. The summed E-state index contributed by atoms with van der Waals surface area (Å²) in [5.41, 5.74) is 0. The van der Waals surface area contributed by atoms with E-state index in [-0.39, 0.29) is 6.10 Å². The van der Waals surface area contributed by atoms with Gasteiger partial charge >= 0.3 is 0 Å². The third-order valence-corrected chi connectivity index (χ3v) is 2.39. The van der Waals surface area contributed by atoms with Crippen molar-refractivity contribution in [3.05, 3.63) is 0 Å². The van der Waals surface area contributed by atoms with Crippen molar-refractivity contribution in [1.29, 1.82) is 0 Å². The minimum atomic E-state index is -0.0797. The van der Waals surface area contributed by atoms with E-state index in [1.807, 2.05) is 0 Å². The lowest BCUT2D eigenvalue weighted by Gasteiger charge is -2.26. The Morgan fingerprint density at radius 1 is 1.45 bits per heavy atom. The molecule has 0 saturated carbocycles. The quantitative estimate of drug-likeness (QED) is 0.675. The highest BCUT2D eigenvalue weighted by atomic mass is 16.5. The number of aliphatic hydroxyl groups excluding tert-OH is 1. The highest BCUT2D eigenvalue weighted by Crippen LogP contribution is 2.21. The van der Waals surface area contributed by atoms with Crippen LogP contribution in [0.4, 0.5) is 0 Å². The third kappa shape index (κ3) is 2.80. The molecule has 2 nitrogen and oxygen atoms in total. The van der Waals surface area contributed by atoms with Gasteiger partial charge in [-0.25, -0.2) is 0 Å². The van der Waals surface area contributed by atoms with E-state index in [9.17, 15) is 5.11 Å². The van der Waals surface area contributed by atoms with Crippen LogP contribution in [0, 0.1) is 5.92 Å². The second-order valence-corrected chi connectivity index (χ2v) is 3.31. The van der Waals surface area contributed by atoms with Crippen LogP contribution in [0.3, 0.4) is 0 Å². The van der Waals surface area contributed by atoms with E-state index < -0.39 is 0 Å². The highest BCUT2D eigenvalue weighted by molar-refractivity contribution is 4.71. The molecule has 0 spiro atoms. The van der Waals surface area contributed by atoms with Crippen molar-refractivity contribution in [1.82, 2.24) is 0 Å². The number of hydrogen-bond donors (Lipinski definition) is 1. The zero-order chi connectivity index (χ0) is 8.10. The maximum atomic E-state index is 9.62. The molecule has 1 saturated heterocycles. The summed E-state index contributed by atoms with van der Waals surface area (Å²) in [5.74, 6) is 0.503. The van der Waals surface area contributed by atoms with Crippen molar-refractivity contribution in [3.8, 4) is 0 Å². The molecule has 1 heterocycles. The van der Waals surface area contributed by atoms with E-state index in [2.05, 4.69) is 6.92 Å². The Morgan fingerprint density at radius 3 is 2.64 bits per heavy atom. The Bertz CT molecular complexity index is 97.7. The van der Waals surface area contributed by atoms with Crippen molar-refractivity contribution in [2.75, 3.05) is 13.2 Å². The normalized spacial score (nSPS) is 23.5. The molecule has 1 rings (SSSR count). The predicted molar refractivity (Wildman–Crippen MR) is 44.5 cm³/mol. The molecule has 0 radical (unpaired) electrons. The minimum Gasteiger partial charge on any atom is -0.393 e. The molecule has 1 aliphatic rings. The van der Waals surface area contributed by atoms with E-state index >= 15 is 0 Å². The van der Waals surface area contributed by atoms with Crippen LogP contribution in [-0.2, 0) is 4.74 Å². The fraction of sp³-hybridized carbons (Fsp3) is 1.00. The van der Waals surface area contributed by atoms with E-state index in [4.69, 9.17) is 4.74 Å². The largest absolute Gasteiger partial charge is 0.393 e. The number of aliphatic hydroxyl groups is 1. The molecule has 66 valence electrons. The Morgan fingerprint density at radius 2 is 2.09 bits per heavy atom. The number of hydrogen-bond acceptors (Lipinski definition) is 2. The van der Waals surface area contributed by atoms with Crippen molar-refractivity contribution < 1.29 is 9.84 Å². The Labute approximate surface area is 68.6 Å². The maximum Gasteiger partial charge on any atom is 0.0570 e. The van der Waals surface area contributed by atoms with Gasteiger partial charge in [0.2, 0.25) is 0 Å². The monoisotopic (exact) mass is 158 g/mol. The molecule has 2 heteroatoms. The topological polar surface area (TPSA) is 29.5 Å². The molecule has 0 aliphatic carbocycles. The van der Waals surface area contributed by atoms with Gasteiger partial charge < -0.3 is 9.84 Å². The number of rotatable bonds is 3. The van der Waals surface area contributed by atoms with Gasteiger partial charge in [-0.15, -0.1) is 0 Å². The standard InChI is InChI=1S/C9H18O2/c1-2-3-9(10)8-4-6-11-7-5-8/h8-10H,2-7H2,1H3/t9-/m1/s1. The van der Waals surface area contributed by atoms with Crippen LogP contribution in [-0.4, -0.2) is 24.4 Å². The van der Waals surface area contributed by atoms with Crippen LogP contribution in [0.1, 0.15) is 32.6 Å². The summed E-state index contributed by atoms with van der Waals surface area (Å²) in [6.45, 7) is 3.79. The van der Waals surface area contributed by atoms with Crippen LogP contribution in [0.15, 0.2) is 0 Å². The average molecular weight is 158 g/mol. The first-order valence-corrected chi connectivity index (χ1v) is 4.60. The van der Waals surface area contributed by atoms with Crippen LogP contribution in [0.5, 0.6) is 0 Å². The predicted octanol–water partition coefficient (Wildman–Crippen LogP) is 1.57. The zero-order valence-electron chi connectivity index (χ0n) is 7.25. The summed E-state index contributed by atoms with van der Waals surface area (Å²) in [5, 5.41) is 9.62. The summed E-state index contributed by atoms with van der Waals surface area (Å²) in [4.78, 5) is 0. The van der Waals surface area contributed by atoms with Crippen molar-refractivity contribution in [2.45, 2.75) is 38.7 Å². The van der Waals surface area contributed by atoms with E-state index in [1.54, 1.807) is 0 Å². The molecule has 0 bridgehead atoms. The van der Waals surface area contributed by atoms with Crippen LogP contribution in [0.2, 0.25) is 0 Å². The molecule has 0 aromatic heterocycles. The molecule has 1 aliphatic heterocycles. The minimum absolute atomic E-state index is 0.0797. The summed E-state index contributed by atoms with van der Waals surface area (Å²) >= 11 is 0. The van der Waals surface area contributed by atoms with Crippen molar-refractivity contribution in [2.24, 2.45) is 5.92 Å². The van der Waals surface area contributed by atoms with Crippen molar-refractivity contribution >= 4 is 0 Å². The fourth-order valence-corrected chi connectivity index (χ4v) is 1.63. The lowest BCUT2D eigenvalue weighted by molar-refractivity contribution is 0.00478. The van der Waals surface area contributed by atoms with Gasteiger partial charge in [0.25, 0.3) is 0 Å². The van der Waals surface area contributed by atoms with Crippen LogP contribution in [0.25, 0.3) is 0 Å². The molecule has 1 fully saturated rings. The van der Waals surface area contributed by atoms with Gasteiger partial charge in [0.05, 0.1) is 6.10 Å². The second-order valence-electron chi connectivity index (χ2n) is 3.31. The van der Waals surface area contributed by atoms with Gasteiger partial charge in [-0.2, -0.15) is 0 Å². The lowest BCUT2D eigenvalue weighted by Crippen LogP contribution is -2.26. The molecule has 0 aromatic carbocycles. The number of ether oxygens (including phenoxy) is 1. The summed E-state index contributed by atoms with van der Waals surface area (Å²) < 4.78 is 5.22. The molecule has 0 aromatic rings. The molecule has 0 amide bonds. The summed E-state index contributed by atoms with van der Waals surface area (Å²) in [6.07, 6.45) is 4.04. The molecule has 1 atom stereocenters. The average Bonchev–Trinajstić information content (AvgIpc) is 2.07. The summed E-state index contributed by atoms with van der Waals surface area (Å²) in [7, 11) is 0. The van der Waals surface area contributed by atoms with Gasteiger partial charge in [0.1, 0.15) is 0 Å². The zero-order valence-corrected chi connectivity index (χ0v) is 7.25. The van der Waals surface area contributed by atoms with Crippen LogP contribution >= 0.6 is 0 Å². The third-order valence-electron chi connectivity index (χ3n) is 2.39. The maximum absolute atomic E-state index is 9.62. The van der Waals surface area contributed by atoms with E-state index in [0.717, 1.165) is 38.9 Å². The fourth-order valence-electron chi connectivity index (χ4n) is 1.63. The van der Waals surface area contributed by atoms with Gasteiger partial charge in [0, 0.05) is 13.2 Å². The Kier molecular flexibility index (Phi) is 3.87. The SMILES string of the molecule is CCC[C@@H](O)C1CCOCC1. The Balaban J connectivity index is 2.21. The molecule has 0 unspecified atom stereocenters. The van der Waals surface area contributed by atoms with Crippen molar-refractivity contribution in [3.63, 3.8) is 0 Å². The molecule has 1 N–H and O–H groups in total. The molecule has 11 heavy (non-hydrogen) atoms. The van der Waals surface area contributed by atoms with Gasteiger partial charge in [0.15, 0.2) is 0 Å². The smallest absolute Gasteiger partial charge is 0.0570 e. The first-order chi connectivity index (χ1) is 5.34. The van der Waals surface area contributed by atoms with E-state index in [0.29, 0.717) is 5.92 Å². The van der Waals surface area contributed by atoms with Gasteiger partial charge in [-0.05, 0) is 25.2 Å². The van der Waals surface area contributed by atoms with Gasteiger partial charge in [-0.1, -0.05) is 13.3 Å². The lowest BCUT2D eigenvalue weighted by atomic mass is 9.91. The summed E-state index contributed by atoms with van der Waals surface area (Å²) in [6, 6.07) is 0. The van der Waals surface area contributed by atoms with Gasteiger partial charge in [-0.3, -0.25) is 0 Å². The first-order valence-electron chi connectivity index (χ1n) is 4.60. The highest BCUT2D eigenvalue weighted by Gasteiger charge is 2.20. The molecular formula is C9H18O2. The second kappa shape index (κ2) is 4.73.